The first-order valence-electron chi connectivity index (χ1n) is 11.1. The number of piperidine rings is 1. The topological polar surface area (TPSA) is 73.5 Å². The molecular weight excluding hydrogens is 433 g/mol. The van der Waals surface area contributed by atoms with E-state index in [1.165, 1.54) is 0 Å². The molecule has 3 N–H and O–H groups in total. The van der Waals surface area contributed by atoms with Gasteiger partial charge in [-0.1, -0.05) is 12.1 Å². The highest BCUT2D eigenvalue weighted by Crippen LogP contribution is 2.35. The monoisotopic (exact) mass is 460 g/mol. The summed E-state index contributed by atoms with van der Waals surface area (Å²) in [5.41, 5.74) is 3.51. The van der Waals surface area contributed by atoms with Crippen LogP contribution in [0.3, 0.4) is 0 Å². The molecule has 1 unspecified atom stereocenters. The molecule has 2 aliphatic heterocycles. The molecule has 2 amide bonds. The van der Waals surface area contributed by atoms with Crippen LogP contribution in [0.25, 0.3) is 0 Å². The highest BCUT2D eigenvalue weighted by Gasteiger charge is 2.41. The van der Waals surface area contributed by atoms with E-state index in [2.05, 4.69) is 16.0 Å². The van der Waals surface area contributed by atoms with Gasteiger partial charge in [0.15, 0.2) is 0 Å². The van der Waals surface area contributed by atoms with Crippen LogP contribution in [-0.2, 0) is 16.1 Å². The highest BCUT2D eigenvalue weighted by molar-refractivity contribution is 6.01. The standard InChI is InChI=1S/C24H27F3N4O2/c25-24(26,27)17-9-12-31(13-10-17)20-6-4-18(5-7-20)30-19-3-1-2-16(14-19)15-29-23(33)21-8-11-28-22(21)32/h1-7,14,17,21,30H,8-13,15H2,(H,28,32)(H,29,33). The highest BCUT2D eigenvalue weighted by atomic mass is 19.4. The van der Waals surface area contributed by atoms with E-state index in [0.29, 0.717) is 32.6 Å². The van der Waals surface area contributed by atoms with E-state index in [-0.39, 0.29) is 24.7 Å². The van der Waals surface area contributed by atoms with Crippen molar-refractivity contribution < 1.29 is 22.8 Å². The number of rotatable bonds is 6. The molecule has 0 bridgehead atoms. The Labute approximate surface area is 190 Å². The van der Waals surface area contributed by atoms with Gasteiger partial charge in [0, 0.05) is 43.2 Å². The molecule has 0 spiro atoms. The van der Waals surface area contributed by atoms with Crippen molar-refractivity contribution in [2.45, 2.75) is 32.0 Å². The number of hydrogen-bond donors (Lipinski definition) is 3. The van der Waals surface area contributed by atoms with Crippen LogP contribution in [0.4, 0.5) is 30.2 Å². The number of hydrogen-bond acceptors (Lipinski definition) is 4. The van der Waals surface area contributed by atoms with Gasteiger partial charge in [-0.2, -0.15) is 13.2 Å². The zero-order chi connectivity index (χ0) is 23.4. The first-order chi connectivity index (χ1) is 15.8. The van der Waals surface area contributed by atoms with Gasteiger partial charge < -0.3 is 20.9 Å². The van der Waals surface area contributed by atoms with Gasteiger partial charge in [-0.3, -0.25) is 9.59 Å². The minimum absolute atomic E-state index is 0.123. The van der Waals surface area contributed by atoms with Gasteiger partial charge in [-0.05, 0) is 61.2 Å². The van der Waals surface area contributed by atoms with Gasteiger partial charge in [-0.25, -0.2) is 0 Å². The van der Waals surface area contributed by atoms with E-state index in [1.54, 1.807) is 0 Å². The quantitative estimate of drug-likeness (QED) is 0.571. The van der Waals surface area contributed by atoms with Crippen LogP contribution in [-0.4, -0.2) is 37.6 Å². The molecule has 2 aromatic carbocycles. The fourth-order valence-corrected chi connectivity index (χ4v) is 4.30. The zero-order valence-electron chi connectivity index (χ0n) is 18.1. The molecule has 0 aliphatic carbocycles. The van der Waals surface area contributed by atoms with E-state index < -0.39 is 18.0 Å². The Morgan fingerprint density at radius 1 is 1.03 bits per heavy atom. The lowest BCUT2D eigenvalue weighted by Crippen LogP contribution is -2.38. The fourth-order valence-electron chi connectivity index (χ4n) is 4.30. The molecule has 2 saturated heterocycles. The number of alkyl halides is 3. The Morgan fingerprint density at radius 3 is 2.39 bits per heavy atom. The third kappa shape index (κ3) is 5.77. The van der Waals surface area contributed by atoms with Crippen molar-refractivity contribution >= 4 is 28.9 Å². The first kappa shape index (κ1) is 22.9. The van der Waals surface area contributed by atoms with Gasteiger partial charge in [0.25, 0.3) is 0 Å². The Hall–Kier alpha value is -3.23. The lowest BCUT2D eigenvalue weighted by molar-refractivity contribution is -0.179. The summed E-state index contributed by atoms with van der Waals surface area (Å²) in [4.78, 5) is 25.8. The zero-order valence-corrected chi connectivity index (χ0v) is 18.1. The number of benzene rings is 2. The van der Waals surface area contributed by atoms with Crippen LogP contribution < -0.4 is 20.9 Å². The molecule has 9 heteroatoms. The van der Waals surface area contributed by atoms with Crippen molar-refractivity contribution in [1.29, 1.82) is 0 Å². The summed E-state index contributed by atoms with van der Waals surface area (Å²) in [5.74, 6) is -2.32. The predicted molar refractivity (Wildman–Crippen MR) is 120 cm³/mol. The van der Waals surface area contributed by atoms with Gasteiger partial charge in [0.1, 0.15) is 5.92 Å². The number of amides is 2. The molecule has 33 heavy (non-hydrogen) atoms. The lowest BCUT2D eigenvalue weighted by atomic mass is 9.96. The molecule has 2 aromatic rings. The summed E-state index contributed by atoms with van der Waals surface area (Å²) >= 11 is 0. The van der Waals surface area contributed by atoms with E-state index >= 15 is 0 Å². The fraction of sp³-hybridized carbons (Fsp3) is 0.417. The van der Waals surface area contributed by atoms with Crippen LogP contribution in [0.1, 0.15) is 24.8 Å². The Balaban J connectivity index is 1.30. The normalized spacial score (nSPS) is 19.3. The number of nitrogens with one attached hydrogen (secondary N) is 3. The maximum absolute atomic E-state index is 12.9. The van der Waals surface area contributed by atoms with Gasteiger partial charge in [0.2, 0.25) is 11.8 Å². The van der Waals surface area contributed by atoms with Crippen LogP contribution in [0, 0.1) is 11.8 Å². The number of carbonyl (C=O) groups is 2. The minimum atomic E-state index is -4.11. The summed E-state index contributed by atoms with van der Waals surface area (Å²) in [6.45, 7) is 1.65. The molecule has 6 nitrogen and oxygen atoms in total. The third-order valence-corrected chi connectivity index (χ3v) is 6.24. The number of nitrogens with zero attached hydrogens (tertiary/aromatic N) is 1. The molecule has 1 atom stereocenters. The van der Waals surface area contributed by atoms with Gasteiger partial charge in [0.05, 0.1) is 5.92 Å². The molecule has 4 rings (SSSR count). The smallest absolute Gasteiger partial charge is 0.372 e. The van der Waals surface area contributed by atoms with Crippen molar-refractivity contribution in [3.05, 3.63) is 54.1 Å². The average molecular weight is 461 g/mol. The largest absolute Gasteiger partial charge is 0.391 e. The van der Waals surface area contributed by atoms with Crippen molar-refractivity contribution in [2.75, 3.05) is 29.9 Å². The van der Waals surface area contributed by atoms with Crippen LogP contribution in [0.15, 0.2) is 48.5 Å². The summed E-state index contributed by atoms with van der Waals surface area (Å²) in [6, 6.07) is 15.2. The van der Waals surface area contributed by atoms with Crippen LogP contribution in [0.2, 0.25) is 0 Å². The molecule has 2 fully saturated rings. The van der Waals surface area contributed by atoms with Crippen molar-refractivity contribution in [3.63, 3.8) is 0 Å². The molecular formula is C24H27F3N4O2. The van der Waals surface area contributed by atoms with Gasteiger partial charge in [-0.15, -0.1) is 0 Å². The summed E-state index contributed by atoms with van der Waals surface area (Å²) in [6.07, 6.45) is -3.35. The van der Waals surface area contributed by atoms with E-state index in [1.807, 2.05) is 53.4 Å². The second kappa shape index (κ2) is 9.72. The number of carbonyl (C=O) groups excluding carboxylic acids is 2. The summed E-state index contributed by atoms with van der Waals surface area (Å²) < 4.78 is 38.6. The Bertz CT molecular complexity index is 986. The van der Waals surface area contributed by atoms with E-state index in [0.717, 1.165) is 22.6 Å². The lowest BCUT2D eigenvalue weighted by Gasteiger charge is -2.34. The second-order valence-corrected chi connectivity index (χ2v) is 8.53. The molecule has 0 saturated carbocycles. The first-order valence-corrected chi connectivity index (χ1v) is 11.1. The van der Waals surface area contributed by atoms with Gasteiger partial charge >= 0.3 is 6.18 Å². The van der Waals surface area contributed by atoms with Crippen LogP contribution in [0.5, 0.6) is 0 Å². The van der Waals surface area contributed by atoms with E-state index in [9.17, 15) is 22.8 Å². The average Bonchev–Trinajstić information content (AvgIpc) is 3.24. The molecule has 0 aromatic heterocycles. The summed E-state index contributed by atoms with van der Waals surface area (Å²) in [5, 5.41) is 8.78. The molecule has 0 radical (unpaired) electrons. The van der Waals surface area contributed by atoms with E-state index in [4.69, 9.17) is 0 Å². The van der Waals surface area contributed by atoms with Crippen molar-refractivity contribution in [3.8, 4) is 0 Å². The maximum Gasteiger partial charge on any atom is 0.391 e. The third-order valence-electron chi connectivity index (χ3n) is 6.24. The van der Waals surface area contributed by atoms with Crippen molar-refractivity contribution in [1.82, 2.24) is 10.6 Å². The molecule has 2 heterocycles. The Morgan fingerprint density at radius 2 is 1.76 bits per heavy atom. The molecule has 176 valence electrons. The second-order valence-electron chi connectivity index (χ2n) is 8.53. The SMILES string of the molecule is O=C1NCCC1C(=O)NCc1cccc(Nc2ccc(N3CCC(C(F)(F)F)CC3)cc2)c1. The summed E-state index contributed by atoms with van der Waals surface area (Å²) in [7, 11) is 0. The predicted octanol–water partition coefficient (Wildman–Crippen LogP) is 3.96. The minimum Gasteiger partial charge on any atom is -0.372 e. The number of halogens is 3. The maximum atomic E-state index is 12.9. The Kier molecular flexibility index (Phi) is 6.76. The van der Waals surface area contributed by atoms with Crippen molar-refractivity contribution in [2.24, 2.45) is 11.8 Å². The molecule has 2 aliphatic rings. The van der Waals surface area contributed by atoms with Crippen LogP contribution >= 0.6 is 0 Å². The number of anilines is 3.